The quantitative estimate of drug-likeness (QED) is 0.792. The zero-order chi connectivity index (χ0) is 13.6. The summed E-state index contributed by atoms with van der Waals surface area (Å²) >= 11 is 2.08. The van der Waals surface area contributed by atoms with Crippen LogP contribution >= 0.6 is 11.8 Å². The van der Waals surface area contributed by atoms with Crippen molar-refractivity contribution in [3.8, 4) is 6.07 Å². The minimum absolute atomic E-state index is 0.360. The maximum atomic E-state index is 9.29. The van der Waals surface area contributed by atoms with E-state index < -0.39 is 0 Å². The molecular formula is C15H28N2S. The van der Waals surface area contributed by atoms with Gasteiger partial charge in [-0.25, -0.2) is 0 Å². The highest BCUT2D eigenvalue weighted by molar-refractivity contribution is 7.99. The average molecular weight is 268 g/mol. The average Bonchev–Trinajstić information content (AvgIpc) is 2.28. The Morgan fingerprint density at radius 1 is 1.44 bits per heavy atom. The maximum absolute atomic E-state index is 9.29. The largest absolute Gasteiger partial charge is 0.297 e. The molecular weight excluding hydrogens is 240 g/mol. The van der Waals surface area contributed by atoms with Crippen LogP contribution in [0.15, 0.2) is 0 Å². The SMILES string of the molecule is CC1CCCC(SCCC(C)(C#N)NC(C)C)C1. The molecule has 0 heterocycles. The molecule has 3 heteroatoms. The first-order chi connectivity index (χ1) is 8.45. The van der Waals surface area contributed by atoms with Crippen molar-refractivity contribution in [1.29, 1.82) is 5.26 Å². The lowest BCUT2D eigenvalue weighted by atomic mass is 9.91. The van der Waals surface area contributed by atoms with E-state index in [0.29, 0.717) is 6.04 Å². The summed E-state index contributed by atoms with van der Waals surface area (Å²) < 4.78 is 0. The Morgan fingerprint density at radius 2 is 2.17 bits per heavy atom. The Kier molecular flexibility index (Phi) is 6.52. The minimum atomic E-state index is -0.360. The summed E-state index contributed by atoms with van der Waals surface area (Å²) in [6, 6.07) is 2.80. The zero-order valence-corrected chi connectivity index (χ0v) is 13.1. The van der Waals surface area contributed by atoms with Crippen LogP contribution in [0, 0.1) is 17.2 Å². The van der Waals surface area contributed by atoms with E-state index in [1.807, 2.05) is 6.92 Å². The third kappa shape index (κ3) is 5.63. The van der Waals surface area contributed by atoms with Gasteiger partial charge in [0.15, 0.2) is 0 Å². The maximum Gasteiger partial charge on any atom is 0.104 e. The second-order valence-electron chi connectivity index (χ2n) is 6.26. The molecule has 0 aliphatic heterocycles. The Balaban J connectivity index is 2.29. The number of rotatable bonds is 6. The van der Waals surface area contributed by atoms with Gasteiger partial charge in [0.2, 0.25) is 0 Å². The zero-order valence-electron chi connectivity index (χ0n) is 12.3. The van der Waals surface area contributed by atoms with E-state index in [4.69, 9.17) is 0 Å². The van der Waals surface area contributed by atoms with E-state index in [9.17, 15) is 5.26 Å². The van der Waals surface area contributed by atoms with Crippen LogP contribution in [0.5, 0.6) is 0 Å². The molecule has 0 amide bonds. The number of thioether (sulfide) groups is 1. The van der Waals surface area contributed by atoms with E-state index in [2.05, 4.69) is 43.9 Å². The fourth-order valence-corrected chi connectivity index (χ4v) is 4.41. The third-order valence-corrected chi connectivity index (χ3v) is 5.04. The van der Waals surface area contributed by atoms with Gasteiger partial charge in [-0.15, -0.1) is 0 Å². The van der Waals surface area contributed by atoms with Crippen molar-refractivity contribution >= 4 is 11.8 Å². The van der Waals surface area contributed by atoms with Gasteiger partial charge in [-0.05, 0) is 51.7 Å². The number of nitrogens with zero attached hydrogens (tertiary/aromatic N) is 1. The van der Waals surface area contributed by atoms with E-state index in [1.54, 1.807) is 0 Å². The molecule has 18 heavy (non-hydrogen) atoms. The summed E-state index contributed by atoms with van der Waals surface area (Å²) in [6.07, 6.45) is 6.47. The summed E-state index contributed by atoms with van der Waals surface area (Å²) in [4.78, 5) is 0. The highest BCUT2D eigenvalue weighted by atomic mass is 32.2. The van der Waals surface area contributed by atoms with E-state index in [1.165, 1.54) is 25.7 Å². The van der Waals surface area contributed by atoms with Crippen LogP contribution < -0.4 is 5.32 Å². The molecule has 1 aliphatic carbocycles. The molecule has 3 unspecified atom stereocenters. The molecule has 1 aliphatic rings. The molecule has 0 aromatic heterocycles. The molecule has 1 rings (SSSR count). The van der Waals surface area contributed by atoms with Crippen LogP contribution in [0.2, 0.25) is 0 Å². The first-order valence-electron chi connectivity index (χ1n) is 7.26. The molecule has 3 atom stereocenters. The molecule has 1 fully saturated rings. The first-order valence-corrected chi connectivity index (χ1v) is 8.30. The number of nitrogens with one attached hydrogen (secondary N) is 1. The Labute approximate surface area is 117 Å². The van der Waals surface area contributed by atoms with Crippen LogP contribution in [-0.4, -0.2) is 22.6 Å². The lowest BCUT2D eigenvalue weighted by molar-refractivity contribution is 0.389. The summed E-state index contributed by atoms with van der Waals surface area (Å²) in [5.74, 6) is 1.99. The molecule has 0 bridgehead atoms. The molecule has 0 aromatic rings. The highest BCUT2D eigenvalue weighted by Crippen LogP contribution is 2.32. The van der Waals surface area contributed by atoms with Gasteiger partial charge in [0.1, 0.15) is 5.54 Å². The summed E-state index contributed by atoms with van der Waals surface area (Å²) in [5.41, 5.74) is -0.360. The van der Waals surface area contributed by atoms with Gasteiger partial charge in [-0.1, -0.05) is 19.8 Å². The molecule has 104 valence electrons. The number of hydrogen-bond acceptors (Lipinski definition) is 3. The first kappa shape index (κ1) is 15.9. The standard InChI is InChI=1S/C15H28N2S/c1-12(2)17-15(4,11-16)8-9-18-14-7-5-6-13(3)10-14/h12-14,17H,5-10H2,1-4H3. The molecule has 0 radical (unpaired) electrons. The van der Waals surface area contributed by atoms with Crippen LogP contribution in [0.1, 0.15) is 59.8 Å². The Morgan fingerprint density at radius 3 is 2.72 bits per heavy atom. The van der Waals surface area contributed by atoms with Gasteiger partial charge in [0, 0.05) is 11.3 Å². The van der Waals surface area contributed by atoms with Crippen LogP contribution in [0.3, 0.4) is 0 Å². The molecule has 1 N–H and O–H groups in total. The number of nitriles is 1. The highest BCUT2D eigenvalue weighted by Gasteiger charge is 2.25. The van der Waals surface area contributed by atoms with Crippen molar-refractivity contribution in [3.63, 3.8) is 0 Å². The van der Waals surface area contributed by atoms with Gasteiger partial charge in [0.05, 0.1) is 6.07 Å². The minimum Gasteiger partial charge on any atom is -0.297 e. The van der Waals surface area contributed by atoms with Crippen molar-refractivity contribution < 1.29 is 0 Å². The van der Waals surface area contributed by atoms with Crippen molar-refractivity contribution in [2.75, 3.05) is 5.75 Å². The Bertz CT molecular complexity index is 285. The number of hydrogen-bond donors (Lipinski definition) is 1. The Hall–Kier alpha value is -0.200. The van der Waals surface area contributed by atoms with Gasteiger partial charge >= 0.3 is 0 Å². The topological polar surface area (TPSA) is 35.8 Å². The van der Waals surface area contributed by atoms with E-state index >= 15 is 0 Å². The molecule has 2 nitrogen and oxygen atoms in total. The predicted molar refractivity (Wildman–Crippen MR) is 80.8 cm³/mol. The summed E-state index contributed by atoms with van der Waals surface area (Å²) in [6.45, 7) is 8.60. The van der Waals surface area contributed by atoms with Crippen molar-refractivity contribution in [2.24, 2.45) is 5.92 Å². The summed E-state index contributed by atoms with van der Waals surface area (Å²) in [7, 11) is 0. The molecule has 0 spiro atoms. The van der Waals surface area contributed by atoms with Gasteiger partial charge in [-0.3, -0.25) is 5.32 Å². The molecule has 1 saturated carbocycles. The lowest BCUT2D eigenvalue weighted by Gasteiger charge is -2.29. The third-order valence-electron chi connectivity index (χ3n) is 3.70. The predicted octanol–water partition coefficient (Wildman–Crippen LogP) is 3.97. The molecule has 0 aromatic carbocycles. The second kappa shape index (κ2) is 7.40. The van der Waals surface area contributed by atoms with Gasteiger partial charge in [0.25, 0.3) is 0 Å². The van der Waals surface area contributed by atoms with Gasteiger partial charge < -0.3 is 0 Å². The van der Waals surface area contributed by atoms with E-state index in [0.717, 1.165) is 23.3 Å². The molecule has 0 saturated heterocycles. The van der Waals surface area contributed by atoms with Crippen molar-refractivity contribution in [1.82, 2.24) is 5.32 Å². The van der Waals surface area contributed by atoms with Gasteiger partial charge in [-0.2, -0.15) is 17.0 Å². The van der Waals surface area contributed by atoms with Crippen LogP contribution in [-0.2, 0) is 0 Å². The monoisotopic (exact) mass is 268 g/mol. The summed E-state index contributed by atoms with van der Waals surface area (Å²) in [5, 5.41) is 13.5. The van der Waals surface area contributed by atoms with Crippen LogP contribution in [0.4, 0.5) is 0 Å². The van der Waals surface area contributed by atoms with Crippen molar-refractivity contribution in [2.45, 2.75) is 76.6 Å². The fraction of sp³-hybridized carbons (Fsp3) is 0.933. The lowest BCUT2D eigenvalue weighted by Crippen LogP contribution is -2.45. The van der Waals surface area contributed by atoms with Crippen LogP contribution in [0.25, 0.3) is 0 Å². The fourth-order valence-electron chi connectivity index (χ4n) is 2.76. The van der Waals surface area contributed by atoms with E-state index in [-0.39, 0.29) is 5.54 Å². The second-order valence-corrected chi connectivity index (χ2v) is 7.67. The smallest absolute Gasteiger partial charge is 0.104 e. The normalized spacial score (nSPS) is 27.8. The van der Waals surface area contributed by atoms with Crippen molar-refractivity contribution in [3.05, 3.63) is 0 Å².